The Morgan fingerprint density at radius 1 is 0.429 bits per heavy atom. The number of fused-ring (bicyclic) bond motifs is 3. The number of benzene rings is 9. The minimum atomic E-state index is -3.84. The lowest BCUT2D eigenvalue weighted by Crippen LogP contribution is -2.33. The molecule has 582 valence electrons. The number of halogens is 3. The minimum absolute atomic E-state index is 0.173. The zero-order valence-electron chi connectivity index (χ0n) is 62.2. The molecule has 0 fully saturated rings. The molecule has 3 heterocycles. The molecule has 9 aromatic carbocycles. The molecule has 3 amide bonds. The van der Waals surface area contributed by atoms with Gasteiger partial charge in [0, 0.05) is 101 Å². The van der Waals surface area contributed by atoms with E-state index in [0.717, 1.165) is 23.1 Å². The van der Waals surface area contributed by atoms with E-state index in [-0.39, 0.29) is 99.7 Å². The number of furan rings is 3. The van der Waals surface area contributed by atoms with Gasteiger partial charge >= 0.3 is 11.9 Å². The summed E-state index contributed by atoms with van der Waals surface area (Å²) in [7, 11) is -6.83. The van der Waals surface area contributed by atoms with Crippen molar-refractivity contribution in [2.24, 2.45) is 0 Å². The van der Waals surface area contributed by atoms with E-state index in [2.05, 4.69) is 20.7 Å². The number of carbonyl (C=O) groups is 6. The van der Waals surface area contributed by atoms with Crippen LogP contribution in [-0.2, 0) is 39.5 Å². The lowest BCUT2D eigenvalue weighted by molar-refractivity contribution is 0.0517. The molecule has 0 aliphatic heterocycles. The first-order valence-corrected chi connectivity index (χ1v) is 40.3. The molecule has 0 radical (unpaired) electrons. The largest absolute Gasteiger partial charge is 0.462 e. The Kier molecular flexibility index (Phi) is 25.4. The standard InChI is InChI=1S/C29H29FN2O6S.C27H25FN2O6S.C26H23FN2O6S/c1-5-14-32(39(4,35)36)24-17-25-23(16-22(24)19-8-7-9-20(15-19)29(34)37-6-2)26(28(33)31-3)27(38-25)18-10-12-21(30)13-11-18;1-16(32)18-5-4-6-19(13-18)21-14-22-24(15-23(21)30(11-12-31)37(3,34)35)36-26(25(22)27(33)29-2)17-7-9-20(28)10-8-17;1-4-34-26(31)17-7-5-6-16(12-17)19-13-20-22(14-21(19)29-36(3,32)33)35-24(23(20)25(30)28-2)15-8-10-18(27)11-9-15/h7-13,15-17H,5-6,14H2,1-4H3,(H,31,33);4-10,13-15,31H,11-12H2,1-3H3,(H,29,33);5-14,29H,4H2,1-3H3,(H,28,30). The van der Waals surface area contributed by atoms with Crippen molar-refractivity contribution < 1.29 is 95.0 Å². The minimum Gasteiger partial charge on any atom is -0.462 e. The summed E-state index contributed by atoms with van der Waals surface area (Å²) in [6.45, 7) is 6.62. The van der Waals surface area contributed by atoms with Crippen LogP contribution in [0, 0.1) is 17.5 Å². The van der Waals surface area contributed by atoms with Crippen molar-refractivity contribution in [1.82, 2.24) is 16.0 Å². The lowest BCUT2D eigenvalue weighted by Gasteiger charge is -2.25. The third-order valence-corrected chi connectivity index (χ3v) is 20.4. The first-order chi connectivity index (χ1) is 53.2. The van der Waals surface area contributed by atoms with Gasteiger partial charge in [-0.05, 0) is 165 Å². The van der Waals surface area contributed by atoms with Crippen molar-refractivity contribution in [3.63, 3.8) is 0 Å². The maximum absolute atomic E-state index is 13.6. The van der Waals surface area contributed by atoms with Crippen LogP contribution >= 0.6 is 0 Å². The van der Waals surface area contributed by atoms with Gasteiger partial charge in [-0.15, -0.1) is 0 Å². The van der Waals surface area contributed by atoms with Crippen LogP contribution in [0.4, 0.5) is 30.2 Å². The van der Waals surface area contributed by atoms with Gasteiger partial charge in [-0.3, -0.25) is 32.5 Å². The number of amides is 3. The van der Waals surface area contributed by atoms with Crippen molar-refractivity contribution >= 4 is 115 Å². The third kappa shape index (κ3) is 18.4. The maximum atomic E-state index is 13.6. The number of aliphatic hydroxyl groups excluding tert-OH is 1. The molecule has 0 saturated heterocycles. The Labute approximate surface area is 643 Å². The number of ketones is 1. The van der Waals surface area contributed by atoms with Gasteiger partial charge < -0.3 is 43.8 Å². The van der Waals surface area contributed by atoms with Crippen LogP contribution in [0.15, 0.2) is 195 Å². The van der Waals surface area contributed by atoms with Crippen LogP contribution in [0.5, 0.6) is 0 Å². The van der Waals surface area contributed by atoms with Gasteiger partial charge in [0.15, 0.2) is 5.78 Å². The van der Waals surface area contributed by atoms with E-state index in [1.54, 1.807) is 111 Å². The molecule has 0 bridgehead atoms. The summed E-state index contributed by atoms with van der Waals surface area (Å²) in [6, 6.07) is 45.8. The van der Waals surface area contributed by atoms with Gasteiger partial charge in [-0.1, -0.05) is 49.4 Å². The number of carbonyl (C=O) groups excluding carboxylic acids is 6. The molecule has 0 saturated carbocycles. The molecule has 112 heavy (non-hydrogen) atoms. The summed E-state index contributed by atoms with van der Waals surface area (Å²) < 4.78 is 149. The smallest absolute Gasteiger partial charge is 0.338 e. The average Bonchev–Trinajstić information content (AvgIpc) is 1.57. The molecule has 0 unspecified atom stereocenters. The summed E-state index contributed by atoms with van der Waals surface area (Å²) >= 11 is 0. The quantitative estimate of drug-likeness (QED) is 0.0277. The molecular formula is C82H77F3N6O18S3. The van der Waals surface area contributed by atoms with Gasteiger partial charge in [0.25, 0.3) is 17.7 Å². The Morgan fingerprint density at radius 2 is 0.759 bits per heavy atom. The Bertz CT molecular complexity index is 5990. The van der Waals surface area contributed by atoms with Crippen molar-refractivity contribution in [2.45, 2.75) is 34.1 Å². The fourth-order valence-corrected chi connectivity index (χ4v) is 15.0. The number of nitrogens with one attached hydrogen (secondary N) is 4. The highest BCUT2D eigenvalue weighted by Crippen LogP contribution is 2.46. The first kappa shape index (κ1) is 82.1. The number of aliphatic hydroxyl groups is 1. The number of anilines is 3. The van der Waals surface area contributed by atoms with Crippen LogP contribution in [0.1, 0.15) is 96.3 Å². The number of hydrogen-bond acceptors (Lipinski definition) is 18. The molecule has 0 atom stereocenters. The molecule has 0 spiro atoms. The van der Waals surface area contributed by atoms with E-state index < -0.39 is 83.8 Å². The molecule has 3 aromatic heterocycles. The highest BCUT2D eigenvalue weighted by Gasteiger charge is 2.31. The summed E-state index contributed by atoms with van der Waals surface area (Å²) in [5.74, 6) is -3.27. The van der Waals surface area contributed by atoms with Gasteiger partial charge in [-0.25, -0.2) is 48.0 Å². The molecule has 5 N–H and O–H groups in total. The number of Topliss-reactive ketones (excluding diaryl/α,β-unsaturated/α-hetero) is 1. The van der Waals surface area contributed by atoms with Crippen molar-refractivity contribution in [1.29, 1.82) is 0 Å². The molecule has 30 heteroatoms. The summed E-state index contributed by atoms with van der Waals surface area (Å²) in [5.41, 5.74) is 7.35. The number of hydrogen-bond donors (Lipinski definition) is 5. The van der Waals surface area contributed by atoms with E-state index in [0.29, 0.717) is 89.5 Å². The third-order valence-electron chi connectivity index (χ3n) is 17.4. The number of nitrogens with zero attached hydrogens (tertiary/aromatic N) is 2. The highest BCUT2D eigenvalue weighted by molar-refractivity contribution is 7.92. The van der Waals surface area contributed by atoms with E-state index in [1.165, 1.54) is 117 Å². The zero-order chi connectivity index (χ0) is 81.3. The van der Waals surface area contributed by atoms with Crippen molar-refractivity contribution in [2.75, 3.05) is 86.2 Å². The second-order valence-electron chi connectivity index (χ2n) is 25.3. The monoisotopic (exact) mass is 1590 g/mol. The summed E-state index contributed by atoms with van der Waals surface area (Å²) in [5, 5.41) is 18.6. The number of ether oxygens (including phenoxy) is 2. The number of sulfonamides is 3. The van der Waals surface area contributed by atoms with E-state index in [1.807, 2.05) is 6.92 Å². The van der Waals surface area contributed by atoms with Crippen LogP contribution in [0.3, 0.4) is 0 Å². The van der Waals surface area contributed by atoms with Crippen molar-refractivity contribution in [3.8, 4) is 67.4 Å². The second-order valence-corrected chi connectivity index (χ2v) is 30.9. The van der Waals surface area contributed by atoms with Gasteiger partial charge in [0.1, 0.15) is 51.5 Å². The fourth-order valence-electron chi connectivity index (χ4n) is 12.5. The second kappa shape index (κ2) is 34.7. The molecule has 12 aromatic rings. The topological polar surface area (TPSA) is 338 Å². The molecule has 12 rings (SSSR count). The van der Waals surface area contributed by atoms with E-state index in [4.69, 9.17) is 22.7 Å². The van der Waals surface area contributed by atoms with Gasteiger partial charge in [0.05, 0.1) is 90.0 Å². The van der Waals surface area contributed by atoms with Crippen LogP contribution in [0.2, 0.25) is 0 Å². The van der Waals surface area contributed by atoms with Crippen LogP contribution in [-0.4, -0.2) is 139 Å². The van der Waals surface area contributed by atoms with E-state index in [9.17, 15) is 72.3 Å². The van der Waals surface area contributed by atoms with Gasteiger partial charge in [-0.2, -0.15) is 0 Å². The molecule has 0 aliphatic rings. The summed E-state index contributed by atoms with van der Waals surface area (Å²) in [4.78, 5) is 75.8. The van der Waals surface area contributed by atoms with E-state index >= 15 is 0 Å². The molecular weight excluding hydrogens is 1510 g/mol. The van der Waals surface area contributed by atoms with Crippen LogP contribution in [0.25, 0.3) is 100 Å². The fraction of sp³-hybridized carbons (Fsp3) is 0.195. The lowest BCUT2D eigenvalue weighted by atomic mass is 9.96. The predicted octanol–water partition coefficient (Wildman–Crippen LogP) is 14.7. The highest BCUT2D eigenvalue weighted by atomic mass is 32.2. The SMILES string of the molecule is CCCN(c1cc2oc(-c3ccc(F)cc3)c(C(=O)NC)c2cc1-c1cccc(C(=O)OCC)c1)S(C)(=O)=O.CCOC(=O)c1cccc(-c2cc3c(C(=O)NC)c(-c4ccc(F)cc4)oc3cc2NS(C)(=O)=O)c1.CNC(=O)c1c(-c2ccc(F)cc2)oc2cc(N(CCO)S(C)(=O)=O)c(-c3cccc(C(C)=O)c3)cc12. The van der Waals surface area contributed by atoms with Crippen molar-refractivity contribution in [3.05, 3.63) is 233 Å². The molecule has 0 aliphatic carbocycles. The summed E-state index contributed by atoms with van der Waals surface area (Å²) in [6.07, 6.45) is 3.69. The Morgan fingerprint density at radius 3 is 1.08 bits per heavy atom. The first-order valence-electron chi connectivity index (χ1n) is 34.7. The Balaban J connectivity index is 0.000000178. The predicted molar refractivity (Wildman–Crippen MR) is 423 cm³/mol. The molecule has 24 nitrogen and oxygen atoms in total. The zero-order valence-corrected chi connectivity index (χ0v) is 64.7. The van der Waals surface area contributed by atoms with Gasteiger partial charge in [0.2, 0.25) is 30.1 Å². The number of esters is 2. The maximum Gasteiger partial charge on any atom is 0.338 e. The number of rotatable bonds is 24. The average molecular weight is 1590 g/mol. The normalized spacial score (nSPS) is 11.4. The van der Waals surface area contributed by atoms with Crippen LogP contribution < -0.4 is 29.3 Å². The Hall–Kier alpha value is -12.4.